The van der Waals surface area contributed by atoms with Gasteiger partial charge in [-0.15, -0.1) is 0 Å². The Morgan fingerprint density at radius 3 is 2.34 bits per heavy atom. The molecule has 3 aromatic rings. The molecule has 8 heteroatoms. The van der Waals surface area contributed by atoms with Crippen molar-refractivity contribution in [3.8, 4) is 0 Å². The molecule has 0 aromatic heterocycles. The summed E-state index contributed by atoms with van der Waals surface area (Å²) in [5.41, 5.74) is 7.67. The summed E-state index contributed by atoms with van der Waals surface area (Å²) >= 11 is 0. The molecule has 3 amide bonds. The molecule has 0 aliphatic rings. The average molecular weight is 518 g/mol. The Hall–Kier alpha value is -4.33. The number of hydrogen-bond donors (Lipinski definition) is 3. The van der Waals surface area contributed by atoms with Crippen molar-refractivity contribution in [3.05, 3.63) is 89.5 Å². The summed E-state index contributed by atoms with van der Waals surface area (Å²) in [6.45, 7) is 5.96. The summed E-state index contributed by atoms with van der Waals surface area (Å²) in [6, 6.07) is 20.6. The van der Waals surface area contributed by atoms with Crippen LogP contribution in [0.3, 0.4) is 0 Å². The van der Waals surface area contributed by atoms with E-state index in [1.807, 2.05) is 72.8 Å². The van der Waals surface area contributed by atoms with E-state index >= 15 is 0 Å². The monoisotopic (exact) mass is 517 g/mol. The van der Waals surface area contributed by atoms with Crippen molar-refractivity contribution in [2.75, 3.05) is 6.54 Å². The maximum absolute atomic E-state index is 12.1. The lowest BCUT2D eigenvalue weighted by Gasteiger charge is -2.22. The Morgan fingerprint density at radius 1 is 0.921 bits per heavy atom. The van der Waals surface area contributed by atoms with Crippen molar-refractivity contribution >= 4 is 34.9 Å². The lowest BCUT2D eigenvalue weighted by molar-refractivity contribution is -0.120. The zero-order valence-electron chi connectivity index (χ0n) is 22.0. The Morgan fingerprint density at radius 2 is 1.63 bits per heavy atom. The number of amides is 3. The highest BCUT2D eigenvalue weighted by Gasteiger charge is 2.23. The van der Waals surface area contributed by atoms with Gasteiger partial charge in [-0.05, 0) is 60.7 Å². The van der Waals surface area contributed by atoms with Crippen LogP contribution in [-0.4, -0.2) is 36.3 Å². The van der Waals surface area contributed by atoms with Gasteiger partial charge in [0.05, 0.1) is 0 Å². The third kappa shape index (κ3) is 9.61. The molecule has 3 rings (SSSR count). The van der Waals surface area contributed by atoms with Crippen molar-refractivity contribution in [1.29, 1.82) is 0 Å². The fourth-order valence-electron chi connectivity index (χ4n) is 3.70. The molecule has 1 atom stereocenters. The molecule has 0 bridgehead atoms. The molecule has 0 aliphatic heterocycles. The number of ether oxygens (including phenoxy) is 2. The first kappa shape index (κ1) is 28.2. The summed E-state index contributed by atoms with van der Waals surface area (Å²) in [7, 11) is 0. The minimum atomic E-state index is -0.881. The van der Waals surface area contributed by atoms with Crippen LogP contribution in [0.15, 0.2) is 72.8 Å². The summed E-state index contributed by atoms with van der Waals surface area (Å²) in [6.07, 6.45) is 3.79. The maximum Gasteiger partial charge on any atom is 0.408 e. The summed E-state index contributed by atoms with van der Waals surface area (Å²) < 4.78 is 10.4. The number of fused-ring (bicyclic) bond motifs is 1. The zero-order valence-corrected chi connectivity index (χ0v) is 22.0. The van der Waals surface area contributed by atoms with E-state index in [0.717, 1.165) is 27.5 Å². The number of carbonyl (C=O) groups is 3. The number of hydrogen-bond acceptors (Lipinski definition) is 5. The zero-order chi connectivity index (χ0) is 27.5. The molecule has 0 spiro atoms. The first-order valence-corrected chi connectivity index (χ1v) is 12.5. The highest BCUT2D eigenvalue weighted by Crippen LogP contribution is 2.20. The van der Waals surface area contributed by atoms with Crippen molar-refractivity contribution in [2.45, 2.75) is 51.9 Å². The summed E-state index contributed by atoms with van der Waals surface area (Å²) in [5.74, 6) is -0.629. The van der Waals surface area contributed by atoms with Gasteiger partial charge in [0.1, 0.15) is 18.2 Å². The smallest absolute Gasteiger partial charge is 0.408 e. The molecule has 0 unspecified atom stereocenters. The van der Waals surface area contributed by atoms with E-state index in [1.54, 1.807) is 20.8 Å². The largest absolute Gasteiger partial charge is 0.445 e. The third-order valence-electron chi connectivity index (χ3n) is 5.51. The van der Waals surface area contributed by atoms with Gasteiger partial charge in [-0.2, -0.15) is 0 Å². The van der Waals surface area contributed by atoms with Gasteiger partial charge in [-0.25, -0.2) is 9.59 Å². The third-order valence-corrected chi connectivity index (χ3v) is 5.51. The van der Waals surface area contributed by atoms with E-state index in [2.05, 4.69) is 16.7 Å². The molecule has 4 N–H and O–H groups in total. The fraction of sp³-hybridized carbons (Fsp3) is 0.300. The van der Waals surface area contributed by atoms with Gasteiger partial charge < -0.3 is 25.8 Å². The number of alkyl carbamates (subject to hydrolysis) is 2. The van der Waals surface area contributed by atoms with Crippen molar-refractivity contribution in [1.82, 2.24) is 10.6 Å². The van der Waals surface area contributed by atoms with Crippen LogP contribution in [0.2, 0.25) is 0 Å². The molecule has 0 saturated carbocycles. The maximum atomic E-state index is 12.1. The Bertz CT molecular complexity index is 1280. The van der Waals surface area contributed by atoms with E-state index in [-0.39, 0.29) is 13.0 Å². The van der Waals surface area contributed by atoms with Gasteiger partial charge in [0.15, 0.2) is 0 Å². The van der Waals surface area contributed by atoms with Crippen molar-refractivity contribution < 1.29 is 23.9 Å². The van der Waals surface area contributed by atoms with Gasteiger partial charge >= 0.3 is 12.2 Å². The number of primary amides is 1. The van der Waals surface area contributed by atoms with E-state index in [9.17, 15) is 14.4 Å². The summed E-state index contributed by atoms with van der Waals surface area (Å²) in [4.78, 5) is 35.8. The van der Waals surface area contributed by atoms with E-state index < -0.39 is 29.7 Å². The van der Waals surface area contributed by atoms with Gasteiger partial charge in [0.25, 0.3) is 0 Å². The Labute approximate surface area is 223 Å². The molecular weight excluding hydrogens is 482 g/mol. The van der Waals surface area contributed by atoms with E-state index in [4.69, 9.17) is 15.2 Å². The average Bonchev–Trinajstić information content (AvgIpc) is 2.86. The molecule has 38 heavy (non-hydrogen) atoms. The second-order valence-corrected chi connectivity index (χ2v) is 9.93. The quantitative estimate of drug-likeness (QED) is 0.324. The summed E-state index contributed by atoms with van der Waals surface area (Å²) in [5, 5.41) is 7.34. The lowest BCUT2D eigenvalue weighted by atomic mass is 10.00. The number of rotatable bonds is 10. The molecule has 0 aliphatic carbocycles. The van der Waals surface area contributed by atoms with Crippen LogP contribution < -0.4 is 16.4 Å². The van der Waals surface area contributed by atoms with Crippen molar-refractivity contribution in [2.24, 2.45) is 5.73 Å². The molecule has 200 valence electrons. The lowest BCUT2D eigenvalue weighted by Crippen LogP contribution is -2.47. The van der Waals surface area contributed by atoms with E-state index in [0.29, 0.717) is 13.0 Å². The number of nitrogens with two attached hydrogens (primary N) is 1. The van der Waals surface area contributed by atoms with Gasteiger partial charge in [-0.3, -0.25) is 4.79 Å². The fourth-order valence-corrected chi connectivity index (χ4v) is 3.70. The van der Waals surface area contributed by atoms with Crippen LogP contribution >= 0.6 is 0 Å². The molecule has 3 aromatic carbocycles. The first-order valence-electron chi connectivity index (χ1n) is 12.5. The first-order chi connectivity index (χ1) is 18.1. The van der Waals surface area contributed by atoms with Gasteiger partial charge in [0.2, 0.25) is 5.91 Å². The van der Waals surface area contributed by atoms with Crippen LogP contribution in [0.5, 0.6) is 0 Å². The second kappa shape index (κ2) is 13.3. The van der Waals surface area contributed by atoms with Crippen LogP contribution in [-0.2, 0) is 27.3 Å². The van der Waals surface area contributed by atoms with Gasteiger partial charge in [0, 0.05) is 13.0 Å². The van der Waals surface area contributed by atoms with Crippen LogP contribution in [0, 0.1) is 0 Å². The molecule has 0 heterocycles. The normalized spacial score (nSPS) is 12.2. The predicted molar refractivity (Wildman–Crippen MR) is 148 cm³/mol. The van der Waals surface area contributed by atoms with Crippen LogP contribution in [0.25, 0.3) is 16.8 Å². The van der Waals surface area contributed by atoms with Gasteiger partial charge in [-0.1, -0.05) is 72.8 Å². The van der Waals surface area contributed by atoms with Crippen LogP contribution in [0.1, 0.15) is 43.9 Å². The predicted octanol–water partition coefficient (Wildman–Crippen LogP) is 5.09. The van der Waals surface area contributed by atoms with Crippen molar-refractivity contribution in [3.63, 3.8) is 0 Å². The SMILES string of the molecule is CC(C)(C)OC(=O)N[C@@H](Cc1ccc2cc(/C=C/CCNC(=O)OCc3ccccc3)ccc2c1)C(N)=O. The second-order valence-electron chi connectivity index (χ2n) is 9.93. The minimum Gasteiger partial charge on any atom is -0.445 e. The molecule has 0 saturated heterocycles. The highest BCUT2D eigenvalue weighted by molar-refractivity contribution is 5.87. The Balaban J connectivity index is 1.49. The number of benzene rings is 3. The standard InChI is InChI=1S/C30H35N3O5/c1-30(2,3)38-29(36)33-26(27(31)34)19-23-13-15-24-17-21(12-14-25(24)18-23)9-7-8-16-32-28(35)37-20-22-10-5-4-6-11-22/h4-7,9-15,17-18,26H,8,16,19-20H2,1-3H3,(H2,31,34)(H,32,35)(H,33,36)/b9-7+/t26-/m0/s1. The molecular formula is C30H35N3O5. The minimum absolute atomic E-state index is 0.241. The number of carbonyl (C=O) groups excluding carboxylic acids is 3. The highest BCUT2D eigenvalue weighted by atomic mass is 16.6. The Kier molecular flexibility index (Phi) is 9.87. The number of nitrogens with one attached hydrogen (secondary N) is 2. The van der Waals surface area contributed by atoms with E-state index in [1.165, 1.54) is 0 Å². The molecule has 0 radical (unpaired) electrons. The topological polar surface area (TPSA) is 120 Å². The molecule has 0 fully saturated rings. The molecule has 8 nitrogen and oxygen atoms in total. The van der Waals surface area contributed by atoms with Crippen LogP contribution in [0.4, 0.5) is 9.59 Å².